The molecule has 1 aromatic carbocycles. The lowest BCUT2D eigenvalue weighted by Gasteiger charge is -2.06. The summed E-state index contributed by atoms with van der Waals surface area (Å²) in [4.78, 5) is 15.5. The molecule has 0 radical (unpaired) electrons. The van der Waals surface area contributed by atoms with Gasteiger partial charge >= 0.3 is 5.97 Å². The molecule has 0 amide bonds. The van der Waals surface area contributed by atoms with Crippen LogP contribution in [0.3, 0.4) is 0 Å². The van der Waals surface area contributed by atoms with Crippen LogP contribution in [0.15, 0.2) is 12.1 Å². The van der Waals surface area contributed by atoms with Gasteiger partial charge in [-0.25, -0.2) is 4.98 Å². The van der Waals surface area contributed by atoms with Gasteiger partial charge in [0.05, 0.1) is 11.0 Å². The molecule has 5 nitrogen and oxygen atoms in total. The molecule has 0 fully saturated rings. The van der Waals surface area contributed by atoms with Gasteiger partial charge in [-0.2, -0.15) is 0 Å². The summed E-state index contributed by atoms with van der Waals surface area (Å²) in [6.45, 7) is 3.99. The predicted molar refractivity (Wildman–Crippen MR) is 72.2 cm³/mol. The second kappa shape index (κ2) is 5.40. The molecular formula is C14H18N2O3. The van der Waals surface area contributed by atoms with E-state index in [2.05, 4.69) is 4.98 Å². The summed E-state index contributed by atoms with van der Waals surface area (Å²) < 4.78 is 1.72. The van der Waals surface area contributed by atoms with Gasteiger partial charge in [0.2, 0.25) is 0 Å². The summed E-state index contributed by atoms with van der Waals surface area (Å²) in [6, 6.07) is 3.95. The normalized spacial score (nSPS) is 11.1. The molecule has 0 saturated carbocycles. The van der Waals surface area contributed by atoms with Crippen molar-refractivity contribution in [3.63, 3.8) is 0 Å². The number of benzene rings is 1. The first-order valence-corrected chi connectivity index (χ1v) is 6.32. The van der Waals surface area contributed by atoms with Crippen molar-refractivity contribution in [2.45, 2.75) is 33.2 Å². The number of aliphatic carboxylic acids is 1. The zero-order valence-corrected chi connectivity index (χ0v) is 11.2. The molecule has 1 aromatic heterocycles. The average molecular weight is 262 g/mol. The van der Waals surface area contributed by atoms with Crippen LogP contribution in [0, 0.1) is 13.8 Å². The Bertz CT molecular complexity index is 617. The highest BCUT2D eigenvalue weighted by molar-refractivity contribution is 5.80. The quantitative estimate of drug-likeness (QED) is 0.859. The molecule has 2 aromatic rings. The number of hydrogen-bond acceptors (Lipinski definition) is 3. The number of carboxylic acids is 1. The second-order valence-corrected chi connectivity index (χ2v) is 4.76. The summed E-state index contributed by atoms with van der Waals surface area (Å²) in [5.41, 5.74) is 3.92. The van der Waals surface area contributed by atoms with Gasteiger partial charge in [0.25, 0.3) is 0 Å². The van der Waals surface area contributed by atoms with Crippen molar-refractivity contribution < 1.29 is 15.0 Å². The Morgan fingerprint density at radius 2 is 2.00 bits per heavy atom. The molecule has 0 aliphatic heterocycles. The lowest BCUT2D eigenvalue weighted by atomic mass is 10.1. The maximum absolute atomic E-state index is 11.0. The van der Waals surface area contributed by atoms with Crippen LogP contribution in [0.25, 0.3) is 11.0 Å². The van der Waals surface area contributed by atoms with E-state index in [1.54, 1.807) is 4.57 Å². The van der Waals surface area contributed by atoms with Crippen molar-refractivity contribution in [1.29, 1.82) is 0 Å². The number of imidazole rings is 1. The van der Waals surface area contributed by atoms with Crippen LogP contribution < -0.4 is 0 Å². The number of aliphatic hydroxyl groups is 1. The Morgan fingerprint density at radius 3 is 2.63 bits per heavy atom. The van der Waals surface area contributed by atoms with E-state index in [0.717, 1.165) is 28.0 Å². The first-order chi connectivity index (χ1) is 9.02. The number of aromatic nitrogens is 2. The molecule has 0 bridgehead atoms. The highest BCUT2D eigenvalue weighted by atomic mass is 16.4. The average Bonchev–Trinajstić information content (AvgIpc) is 2.65. The van der Waals surface area contributed by atoms with E-state index in [0.29, 0.717) is 12.8 Å². The van der Waals surface area contributed by atoms with Gasteiger partial charge in [-0.1, -0.05) is 0 Å². The van der Waals surface area contributed by atoms with Gasteiger partial charge in [-0.3, -0.25) is 4.79 Å². The van der Waals surface area contributed by atoms with Gasteiger partial charge in [0, 0.05) is 13.0 Å². The zero-order chi connectivity index (χ0) is 14.0. The molecule has 2 rings (SSSR count). The molecule has 0 atom stereocenters. The number of fused-ring (bicyclic) bond motifs is 1. The maximum atomic E-state index is 11.0. The fraction of sp³-hybridized carbons (Fsp3) is 0.429. The summed E-state index contributed by atoms with van der Waals surface area (Å²) in [6.07, 6.45) is 1.16. The monoisotopic (exact) mass is 262 g/mol. The predicted octanol–water partition coefficient (Wildman–Crippen LogP) is 1.66. The van der Waals surface area contributed by atoms with Crippen molar-refractivity contribution in [3.8, 4) is 0 Å². The van der Waals surface area contributed by atoms with E-state index in [4.69, 9.17) is 10.2 Å². The van der Waals surface area contributed by atoms with Crippen LogP contribution in [0.1, 0.15) is 23.4 Å². The smallest absolute Gasteiger partial charge is 0.323 e. The number of rotatable bonds is 5. The molecule has 1 heterocycles. The minimum Gasteiger partial charge on any atom is -0.480 e. The zero-order valence-electron chi connectivity index (χ0n) is 11.2. The molecule has 0 unspecified atom stereocenters. The summed E-state index contributed by atoms with van der Waals surface area (Å²) in [7, 11) is 0. The number of hydrogen-bond donors (Lipinski definition) is 2. The standard InChI is InChI=1S/C14H18N2O3/c1-9-6-11-12(7-10(9)2)16(8-14(18)19)13(15-11)4-3-5-17/h6-7,17H,3-5,8H2,1-2H3,(H,18,19). The van der Waals surface area contributed by atoms with Crippen LogP contribution in [0.2, 0.25) is 0 Å². The molecule has 2 N–H and O–H groups in total. The van der Waals surface area contributed by atoms with E-state index in [1.165, 1.54) is 0 Å². The van der Waals surface area contributed by atoms with Gasteiger partial charge < -0.3 is 14.8 Å². The SMILES string of the molecule is Cc1cc2nc(CCCO)n(CC(=O)O)c2cc1C. The fourth-order valence-corrected chi connectivity index (χ4v) is 2.17. The Kier molecular flexibility index (Phi) is 3.85. The molecule has 19 heavy (non-hydrogen) atoms. The molecule has 0 aliphatic carbocycles. The van der Waals surface area contributed by atoms with Gasteiger partial charge in [-0.05, 0) is 43.5 Å². The highest BCUT2D eigenvalue weighted by Crippen LogP contribution is 2.21. The van der Waals surface area contributed by atoms with E-state index < -0.39 is 5.97 Å². The molecule has 5 heteroatoms. The van der Waals surface area contributed by atoms with Crippen molar-refractivity contribution in [2.75, 3.05) is 6.61 Å². The first kappa shape index (κ1) is 13.5. The number of carboxylic acid groups (broad SMARTS) is 1. The van der Waals surface area contributed by atoms with Crippen LogP contribution in [-0.4, -0.2) is 32.3 Å². The van der Waals surface area contributed by atoms with Gasteiger partial charge in [-0.15, -0.1) is 0 Å². The van der Waals surface area contributed by atoms with Crippen molar-refractivity contribution >= 4 is 17.0 Å². The minimum absolute atomic E-state index is 0.0777. The number of aliphatic hydroxyl groups excluding tert-OH is 1. The van der Waals surface area contributed by atoms with E-state index in [1.807, 2.05) is 26.0 Å². The van der Waals surface area contributed by atoms with Gasteiger partial charge in [0.15, 0.2) is 0 Å². The Labute approximate surface area is 111 Å². The third kappa shape index (κ3) is 2.76. The first-order valence-electron chi connectivity index (χ1n) is 6.32. The number of aryl methyl sites for hydroxylation is 3. The molecule has 0 saturated heterocycles. The highest BCUT2D eigenvalue weighted by Gasteiger charge is 2.13. The van der Waals surface area contributed by atoms with Crippen LogP contribution >= 0.6 is 0 Å². The molecule has 0 aliphatic rings. The molecule has 0 spiro atoms. The lowest BCUT2D eigenvalue weighted by Crippen LogP contribution is -2.12. The van der Waals surface area contributed by atoms with Crippen LogP contribution in [0.5, 0.6) is 0 Å². The third-order valence-corrected chi connectivity index (χ3v) is 3.29. The Morgan fingerprint density at radius 1 is 1.32 bits per heavy atom. The summed E-state index contributed by atoms with van der Waals surface area (Å²) >= 11 is 0. The van der Waals surface area contributed by atoms with Crippen LogP contribution in [0.4, 0.5) is 0 Å². The van der Waals surface area contributed by atoms with E-state index >= 15 is 0 Å². The summed E-state index contributed by atoms with van der Waals surface area (Å²) in [5, 5.41) is 17.9. The van der Waals surface area contributed by atoms with Crippen molar-refractivity contribution in [3.05, 3.63) is 29.1 Å². The number of nitrogens with zero attached hydrogens (tertiary/aromatic N) is 2. The van der Waals surface area contributed by atoms with E-state index in [9.17, 15) is 4.79 Å². The Balaban J connectivity index is 2.55. The molecular weight excluding hydrogens is 244 g/mol. The molecule has 102 valence electrons. The Hall–Kier alpha value is -1.88. The van der Waals surface area contributed by atoms with Crippen LogP contribution in [-0.2, 0) is 17.8 Å². The van der Waals surface area contributed by atoms with E-state index in [-0.39, 0.29) is 13.2 Å². The minimum atomic E-state index is -0.886. The largest absolute Gasteiger partial charge is 0.480 e. The summed E-state index contributed by atoms with van der Waals surface area (Å²) in [5.74, 6) is -0.167. The van der Waals surface area contributed by atoms with Crippen molar-refractivity contribution in [2.24, 2.45) is 0 Å². The maximum Gasteiger partial charge on any atom is 0.323 e. The van der Waals surface area contributed by atoms with Gasteiger partial charge in [0.1, 0.15) is 12.4 Å². The lowest BCUT2D eigenvalue weighted by molar-refractivity contribution is -0.137. The van der Waals surface area contributed by atoms with Crippen molar-refractivity contribution in [1.82, 2.24) is 9.55 Å². The fourth-order valence-electron chi connectivity index (χ4n) is 2.17. The third-order valence-electron chi connectivity index (χ3n) is 3.29. The topological polar surface area (TPSA) is 75.4 Å². The number of carbonyl (C=O) groups is 1. The second-order valence-electron chi connectivity index (χ2n) is 4.76.